The first-order valence-electron chi connectivity index (χ1n) is 4.99. The van der Waals surface area contributed by atoms with E-state index in [2.05, 4.69) is 16.6 Å². The van der Waals surface area contributed by atoms with Crippen molar-refractivity contribution in [2.24, 2.45) is 0 Å². The lowest BCUT2D eigenvalue weighted by Crippen LogP contribution is -2.02. The molecule has 4 nitrogen and oxygen atoms in total. The lowest BCUT2D eigenvalue weighted by atomic mass is 10.1. The summed E-state index contributed by atoms with van der Waals surface area (Å²) in [5, 5.41) is 8.72. The van der Waals surface area contributed by atoms with E-state index < -0.39 is 11.9 Å². The highest BCUT2D eigenvalue weighted by Gasteiger charge is 2.04. The predicted octanol–water partition coefficient (Wildman–Crippen LogP) is 1.23. The van der Waals surface area contributed by atoms with Gasteiger partial charge in [-0.2, -0.15) is 0 Å². The number of aliphatic carboxylic acids is 1. The van der Waals surface area contributed by atoms with Crippen LogP contribution in [0.3, 0.4) is 0 Å². The molecule has 17 heavy (non-hydrogen) atoms. The van der Waals surface area contributed by atoms with Gasteiger partial charge in [-0.15, -0.1) is 0 Å². The van der Waals surface area contributed by atoms with Crippen molar-refractivity contribution in [1.29, 1.82) is 0 Å². The van der Waals surface area contributed by atoms with E-state index >= 15 is 0 Å². The molecule has 0 unspecified atom stereocenters. The average molecular weight is 232 g/mol. The first-order valence-corrected chi connectivity index (χ1v) is 4.99. The van der Waals surface area contributed by atoms with Crippen molar-refractivity contribution in [3.63, 3.8) is 0 Å². The summed E-state index contributed by atoms with van der Waals surface area (Å²) in [4.78, 5) is 21.5. The van der Waals surface area contributed by atoms with Gasteiger partial charge < -0.3 is 9.84 Å². The quantitative estimate of drug-likeness (QED) is 0.628. The van der Waals surface area contributed by atoms with Crippen molar-refractivity contribution in [3.05, 3.63) is 35.4 Å². The molecule has 0 aliphatic rings. The number of hydrogen-bond donors (Lipinski definition) is 1. The van der Waals surface area contributed by atoms with Crippen LogP contribution in [0.25, 0.3) is 0 Å². The van der Waals surface area contributed by atoms with Gasteiger partial charge in [0, 0.05) is 5.56 Å². The van der Waals surface area contributed by atoms with Crippen LogP contribution in [0.4, 0.5) is 0 Å². The first kappa shape index (κ1) is 12.8. The molecule has 0 fully saturated rings. The molecular formula is C13H12O4. The number of carboxylic acid groups (broad SMARTS) is 1. The second kappa shape index (κ2) is 6.33. The molecule has 0 bridgehead atoms. The minimum absolute atomic E-state index is 0.00208. The van der Waals surface area contributed by atoms with Crippen LogP contribution in [0, 0.1) is 11.8 Å². The number of rotatable bonds is 3. The summed E-state index contributed by atoms with van der Waals surface area (Å²) in [6, 6.07) is 6.95. The molecule has 0 saturated heterocycles. The largest absolute Gasteiger partial charge is 0.481 e. The van der Waals surface area contributed by atoms with Crippen LogP contribution in [-0.4, -0.2) is 24.2 Å². The molecule has 4 heteroatoms. The summed E-state index contributed by atoms with van der Waals surface area (Å²) in [6.07, 6.45) is -0.0824. The van der Waals surface area contributed by atoms with Crippen LogP contribution < -0.4 is 0 Å². The van der Waals surface area contributed by atoms with E-state index in [4.69, 9.17) is 5.11 Å². The number of hydrogen-bond acceptors (Lipinski definition) is 3. The van der Waals surface area contributed by atoms with Gasteiger partial charge in [0.15, 0.2) is 0 Å². The van der Waals surface area contributed by atoms with E-state index in [1.807, 2.05) is 0 Å². The Kier molecular flexibility index (Phi) is 4.77. The number of benzene rings is 1. The Morgan fingerprint density at radius 2 is 2.06 bits per heavy atom. The molecule has 0 saturated carbocycles. The molecule has 88 valence electrons. The smallest absolute Gasteiger partial charge is 0.317 e. The molecule has 0 heterocycles. The molecule has 0 spiro atoms. The van der Waals surface area contributed by atoms with Crippen molar-refractivity contribution >= 4 is 11.9 Å². The monoisotopic (exact) mass is 232 g/mol. The number of carbonyl (C=O) groups is 2. The number of ether oxygens (including phenoxy) is 1. The SMILES string of the molecule is COC(=O)CC#Cc1ccccc1CC(=O)O. The number of esters is 1. The molecular weight excluding hydrogens is 220 g/mol. The van der Waals surface area contributed by atoms with Gasteiger partial charge in [0.25, 0.3) is 0 Å². The fourth-order valence-electron chi connectivity index (χ4n) is 1.24. The van der Waals surface area contributed by atoms with Gasteiger partial charge >= 0.3 is 11.9 Å². The summed E-state index contributed by atoms with van der Waals surface area (Å²) in [7, 11) is 1.29. The highest BCUT2D eigenvalue weighted by atomic mass is 16.5. The highest BCUT2D eigenvalue weighted by molar-refractivity contribution is 5.73. The number of methoxy groups -OCH3 is 1. The van der Waals surface area contributed by atoms with Gasteiger partial charge in [-0.1, -0.05) is 30.0 Å². The molecule has 1 aromatic carbocycles. The minimum atomic E-state index is -0.910. The van der Waals surface area contributed by atoms with E-state index in [1.165, 1.54) is 7.11 Å². The Morgan fingerprint density at radius 1 is 1.35 bits per heavy atom. The first-order chi connectivity index (χ1) is 8.13. The van der Waals surface area contributed by atoms with E-state index in [1.54, 1.807) is 24.3 Å². The Bertz CT molecular complexity index is 480. The van der Waals surface area contributed by atoms with Crippen LogP contribution >= 0.6 is 0 Å². The maximum absolute atomic E-state index is 10.8. The molecule has 1 N–H and O–H groups in total. The average Bonchev–Trinajstić information content (AvgIpc) is 2.30. The molecule has 0 aliphatic heterocycles. The van der Waals surface area contributed by atoms with Crippen LogP contribution in [0.1, 0.15) is 17.5 Å². The normalized spacial score (nSPS) is 9.00. The third kappa shape index (κ3) is 4.39. The molecule has 1 aromatic rings. The minimum Gasteiger partial charge on any atom is -0.481 e. The Labute approximate surface area is 99.2 Å². The van der Waals surface area contributed by atoms with Crippen LogP contribution in [0.2, 0.25) is 0 Å². The van der Waals surface area contributed by atoms with E-state index in [0.29, 0.717) is 11.1 Å². The van der Waals surface area contributed by atoms with Gasteiger partial charge in [-0.25, -0.2) is 0 Å². The Balaban J connectivity index is 2.82. The zero-order valence-electron chi connectivity index (χ0n) is 9.40. The Hall–Kier alpha value is -2.28. The Morgan fingerprint density at radius 3 is 2.71 bits per heavy atom. The summed E-state index contributed by atoms with van der Waals surface area (Å²) in [5.41, 5.74) is 1.26. The molecule has 0 aromatic heterocycles. The zero-order valence-corrected chi connectivity index (χ0v) is 9.40. The van der Waals surface area contributed by atoms with Crippen LogP contribution in [0.5, 0.6) is 0 Å². The maximum Gasteiger partial charge on any atom is 0.317 e. The second-order valence-corrected chi connectivity index (χ2v) is 3.28. The van der Waals surface area contributed by atoms with Gasteiger partial charge in [0.05, 0.1) is 13.5 Å². The molecule has 1 rings (SSSR count). The zero-order chi connectivity index (χ0) is 12.7. The van der Waals surface area contributed by atoms with Crippen LogP contribution in [-0.2, 0) is 20.7 Å². The van der Waals surface area contributed by atoms with Gasteiger partial charge in [-0.3, -0.25) is 9.59 Å². The van der Waals surface area contributed by atoms with Crippen molar-refractivity contribution in [3.8, 4) is 11.8 Å². The van der Waals surface area contributed by atoms with Gasteiger partial charge in [0.2, 0.25) is 0 Å². The van der Waals surface area contributed by atoms with E-state index in [-0.39, 0.29) is 12.8 Å². The summed E-state index contributed by atoms with van der Waals surface area (Å²) >= 11 is 0. The molecule has 0 radical (unpaired) electrons. The van der Waals surface area contributed by atoms with Crippen LogP contribution in [0.15, 0.2) is 24.3 Å². The lowest BCUT2D eigenvalue weighted by Gasteiger charge is -2.00. The maximum atomic E-state index is 10.8. The van der Waals surface area contributed by atoms with Gasteiger partial charge in [0.1, 0.15) is 6.42 Å². The van der Waals surface area contributed by atoms with Crippen molar-refractivity contribution in [1.82, 2.24) is 0 Å². The van der Waals surface area contributed by atoms with E-state index in [0.717, 1.165) is 0 Å². The third-order valence-corrected chi connectivity index (χ3v) is 2.04. The molecule has 0 amide bonds. The van der Waals surface area contributed by atoms with Crippen molar-refractivity contribution in [2.75, 3.05) is 7.11 Å². The van der Waals surface area contributed by atoms with Crippen molar-refractivity contribution < 1.29 is 19.4 Å². The lowest BCUT2D eigenvalue weighted by molar-refractivity contribution is -0.139. The van der Waals surface area contributed by atoms with E-state index in [9.17, 15) is 9.59 Å². The number of carbonyl (C=O) groups excluding carboxylic acids is 1. The summed E-state index contributed by atoms with van der Waals surface area (Å²) in [5.74, 6) is 4.10. The third-order valence-electron chi connectivity index (χ3n) is 2.04. The van der Waals surface area contributed by atoms with Gasteiger partial charge in [-0.05, 0) is 11.6 Å². The second-order valence-electron chi connectivity index (χ2n) is 3.28. The fourth-order valence-corrected chi connectivity index (χ4v) is 1.24. The fraction of sp³-hybridized carbons (Fsp3) is 0.231. The van der Waals surface area contributed by atoms with Crippen molar-refractivity contribution in [2.45, 2.75) is 12.8 Å². The topological polar surface area (TPSA) is 63.6 Å². The standard InChI is InChI=1S/C13H12O4/c1-17-13(16)8-4-7-10-5-2-3-6-11(10)9-12(14)15/h2-3,5-6H,8-9H2,1H3,(H,14,15). The predicted molar refractivity (Wildman–Crippen MR) is 61.3 cm³/mol. The summed E-state index contributed by atoms with van der Waals surface area (Å²) < 4.78 is 4.45. The number of carboxylic acids is 1. The summed E-state index contributed by atoms with van der Waals surface area (Å²) in [6.45, 7) is 0. The highest BCUT2D eigenvalue weighted by Crippen LogP contribution is 2.08. The molecule has 0 aliphatic carbocycles. The molecule has 0 atom stereocenters.